The lowest BCUT2D eigenvalue weighted by atomic mass is 10.1. The smallest absolute Gasteiger partial charge is 0.240 e. The van der Waals surface area contributed by atoms with E-state index in [0.717, 1.165) is 30.4 Å². The molecule has 0 bridgehead atoms. The van der Waals surface area contributed by atoms with Gasteiger partial charge in [-0.2, -0.15) is 0 Å². The Labute approximate surface area is 129 Å². The standard InChI is InChI=1S/C16H28N2O2S/c1-13(2)7-5-6-10-18-21(19,20)16-9-8-14(3)15(11-16)12-17-4/h8-9,11,13,17-18H,5-7,10,12H2,1-4H3. The van der Waals surface area contributed by atoms with E-state index < -0.39 is 10.0 Å². The number of hydrogen-bond acceptors (Lipinski definition) is 3. The van der Waals surface area contributed by atoms with Crippen molar-refractivity contribution < 1.29 is 8.42 Å². The summed E-state index contributed by atoms with van der Waals surface area (Å²) in [5.41, 5.74) is 2.11. The molecule has 0 spiro atoms. The van der Waals surface area contributed by atoms with Crippen LogP contribution in [-0.4, -0.2) is 22.0 Å². The highest BCUT2D eigenvalue weighted by Crippen LogP contribution is 2.15. The van der Waals surface area contributed by atoms with Crippen LogP contribution < -0.4 is 10.0 Å². The minimum Gasteiger partial charge on any atom is -0.316 e. The summed E-state index contributed by atoms with van der Waals surface area (Å²) in [5, 5.41) is 3.06. The lowest BCUT2D eigenvalue weighted by molar-refractivity contribution is 0.530. The van der Waals surface area contributed by atoms with Crippen molar-refractivity contribution in [1.82, 2.24) is 10.0 Å². The van der Waals surface area contributed by atoms with Crippen LogP contribution in [0.5, 0.6) is 0 Å². The first-order chi connectivity index (χ1) is 9.86. The Morgan fingerprint density at radius 1 is 1.19 bits per heavy atom. The van der Waals surface area contributed by atoms with Gasteiger partial charge < -0.3 is 5.32 Å². The van der Waals surface area contributed by atoms with Gasteiger partial charge in [0.25, 0.3) is 0 Å². The normalized spacial score (nSPS) is 12.0. The van der Waals surface area contributed by atoms with E-state index >= 15 is 0 Å². The molecule has 0 heterocycles. The van der Waals surface area contributed by atoms with E-state index in [-0.39, 0.29) is 0 Å². The first-order valence-electron chi connectivity index (χ1n) is 7.60. The maximum Gasteiger partial charge on any atom is 0.240 e. The predicted molar refractivity (Wildman–Crippen MR) is 87.8 cm³/mol. The van der Waals surface area contributed by atoms with Crippen LogP contribution in [0.15, 0.2) is 23.1 Å². The van der Waals surface area contributed by atoms with Gasteiger partial charge in [-0.1, -0.05) is 32.8 Å². The maximum atomic E-state index is 12.3. The van der Waals surface area contributed by atoms with Crippen molar-refractivity contribution in [3.05, 3.63) is 29.3 Å². The second-order valence-corrected chi connectivity index (χ2v) is 7.67. The largest absolute Gasteiger partial charge is 0.316 e. The van der Waals surface area contributed by atoms with Crippen LogP contribution in [0.1, 0.15) is 44.2 Å². The van der Waals surface area contributed by atoms with E-state index in [9.17, 15) is 8.42 Å². The maximum absolute atomic E-state index is 12.3. The molecule has 21 heavy (non-hydrogen) atoms. The van der Waals surface area contributed by atoms with Gasteiger partial charge in [-0.25, -0.2) is 13.1 Å². The lowest BCUT2D eigenvalue weighted by Crippen LogP contribution is -2.25. The van der Waals surface area contributed by atoms with Crippen LogP contribution in [-0.2, 0) is 16.6 Å². The van der Waals surface area contributed by atoms with Gasteiger partial charge in [0.1, 0.15) is 0 Å². The number of benzene rings is 1. The van der Waals surface area contributed by atoms with Crippen LogP contribution in [0.25, 0.3) is 0 Å². The van der Waals surface area contributed by atoms with Gasteiger partial charge in [0, 0.05) is 13.1 Å². The van der Waals surface area contributed by atoms with E-state index in [4.69, 9.17) is 0 Å². The predicted octanol–water partition coefficient (Wildman–Crippen LogP) is 2.82. The van der Waals surface area contributed by atoms with E-state index in [1.54, 1.807) is 12.1 Å². The molecule has 0 amide bonds. The summed E-state index contributed by atoms with van der Waals surface area (Å²) in [6.07, 6.45) is 3.07. The van der Waals surface area contributed by atoms with Crippen molar-refractivity contribution >= 4 is 10.0 Å². The topological polar surface area (TPSA) is 58.2 Å². The minimum atomic E-state index is -3.40. The Balaban J connectivity index is 2.63. The Hall–Kier alpha value is -0.910. The van der Waals surface area contributed by atoms with Crippen LogP contribution >= 0.6 is 0 Å². The summed E-state index contributed by atoms with van der Waals surface area (Å²) < 4.78 is 27.2. The number of nitrogens with one attached hydrogen (secondary N) is 2. The molecule has 0 atom stereocenters. The van der Waals surface area contributed by atoms with Crippen molar-refractivity contribution in [2.45, 2.75) is 51.5 Å². The Kier molecular flexibility index (Phi) is 7.35. The molecule has 1 aromatic rings. The average molecular weight is 312 g/mol. The highest BCUT2D eigenvalue weighted by molar-refractivity contribution is 7.89. The van der Waals surface area contributed by atoms with Crippen molar-refractivity contribution in [2.24, 2.45) is 5.92 Å². The molecule has 0 aliphatic rings. The molecule has 4 nitrogen and oxygen atoms in total. The fourth-order valence-electron chi connectivity index (χ4n) is 2.16. The van der Waals surface area contributed by atoms with Crippen molar-refractivity contribution in [3.63, 3.8) is 0 Å². The first-order valence-corrected chi connectivity index (χ1v) is 9.09. The summed E-state index contributed by atoms with van der Waals surface area (Å²) in [5.74, 6) is 0.669. The molecule has 0 saturated heterocycles. The van der Waals surface area contributed by atoms with Gasteiger partial charge in [-0.3, -0.25) is 0 Å². The fraction of sp³-hybridized carbons (Fsp3) is 0.625. The average Bonchev–Trinajstić information content (AvgIpc) is 2.40. The van der Waals surface area contributed by atoms with Gasteiger partial charge in [-0.05, 0) is 49.6 Å². The van der Waals surface area contributed by atoms with Gasteiger partial charge in [0.15, 0.2) is 0 Å². The van der Waals surface area contributed by atoms with Gasteiger partial charge in [0.2, 0.25) is 10.0 Å². The molecule has 0 fully saturated rings. The van der Waals surface area contributed by atoms with E-state index in [1.807, 2.05) is 20.0 Å². The fourth-order valence-corrected chi connectivity index (χ4v) is 3.29. The highest BCUT2D eigenvalue weighted by Gasteiger charge is 2.14. The quantitative estimate of drug-likeness (QED) is 0.689. The molecule has 0 aliphatic carbocycles. The zero-order valence-electron chi connectivity index (χ0n) is 13.6. The third-order valence-corrected chi connectivity index (χ3v) is 4.96. The van der Waals surface area contributed by atoms with E-state index in [0.29, 0.717) is 23.9 Å². The van der Waals surface area contributed by atoms with Crippen molar-refractivity contribution in [2.75, 3.05) is 13.6 Å². The third kappa shape index (κ3) is 6.16. The third-order valence-electron chi connectivity index (χ3n) is 3.50. The van der Waals surface area contributed by atoms with Crippen molar-refractivity contribution in [3.8, 4) is 0 Å². The van der Waals surface area contributed by atoms with Gasteiger partial charge >= 0.3 is 0 Å². The zero-order valence-corrected chi connectivity index (χ0v) is 14.4. The molecular weight excluding hydrogens is 284 g/mol. The minimum absolute atomic E-state index is 0.349. The van der Waals surface area contributed by atoms with Gasteiger partial charge in [0.05, 0.1) is 4.90 Å². The summed E-state index contributed by atoms with van der Waals surface area (Å²) >= 11 is 0. The van der Waals surface area contributed by atoms with E-state index in [2.05, 4.69) is 23.9 Å². The summed E-state index contributed by atoms with van der Waals surface area (Å²) in [7, 11) is -1.54. The number of aryl methyl sites for hydroxylation is 1. The van der Waals surface area contributed by atoms with E-state index in [1.165, 1.54) is 0 Å². The van der Waals surface area contributed by atoms with Crippen molar-refractivity contribution in [1.29, 1.82) is 0 Å². The molecule has 120 valence electrons. The molecule has 0 saturated carbocycles. The second kappa shape index (κ2) is 8.51. The number of sulfonamides is 1. The SMILES string of the molecule is CNCc1cc(S(=O)(=O)NCCCCC(C)C)ccc1C. The monoisotopic (exact) mass is 312 g/mol. The Morgan fingerprint density at radius 2 is 1.90 bits per heavy atom. The molecule has 2 N–H and O–H groups in total. The summed E-state index contributed by atoms with van der Waals surface area (Å²) in [6.45, 7) is 7.52. The molecule has 1 rings (SSSR count). The zero-order chi connectivity index (χ0) is 15.9. The number of unbranched alkanes of at least 4 members (excludes halogenated alkanes) is 1. The Bertz CT molecular complexity index is 539. The van der Waals surface area contributed by atoms with Crippen LogP contribution in [0.2, 0.25) is 0 Å². The highest BCUT2D eigenvalue weighted by atomic mass is 32.2. The summed E-state index contributed by atoms with van der Waals surface area (Å²) in [4.78, 5) is 0.349. The lowest BCUT2D eigenvalue weighted by Gasteiger charge is -2.11. The van der Waals surface area contributed by atoms with Crippen LogP contribution in [0.3, 0.4) is 0 Å². The Morgan fingerprint density at radius 3 is 2.52 bits per heavy atom. The molecule has 0 unspecified atom stereocenters. The summed E-state index contributed by atoms with van der Waals surface area (Å²) in [6, 6.07) is 5.28. The van der Waals surface area contributed by atoms with Crippen LogP contribution in [0, 0.1) is 12.8 Å². The molecule has 0 aliphatic heterocycles. The molecular formula is C16H28N2O2S. The number of rotatable bonds is 9. The first kappa shape index (κ1) is 18.1. The molecule has 1 aromatic carbocycles. The molecule has 5 heteroatoms. The van der Waals surface area contributed by atoms with Crippen LogP contribution in [0.4, 0.5) is 0 Å². The molecule has 0 radical (unpaired) electrons. The molecule has 0 aromatic heterocycles. The number of hydrogen-bond donors (Lipinski definition) is 2. The second-order valence-electron chi connectivity index (χ2n) is 5.91. The van der Waals surface area contributed by atoms with Gasteiger partial charge in [-0.15, -0.1) is 0 Å².